The van der Waals surface area contributed by atoms with E-state index in [9.17, 15) is 9.59 Å². The Kier molecular flexibility index (Phi) is 4.58. The molecule has 21 heavy (non-hydrogen) atoms. The summed E-state index contributed by atoms with van der Waals surface area (Å²) in [5.74, 6) is -0.259. The van der Waals surface area contributed by atoms with Crippen molar-refractivity contribution in [3.8, 4) is 0 Å². The number of rotatable bonds is 5. The number of hydrogen-bond donors (Lipinski definition) is 2. The van der Waals surface area contributed by atoms with E-state index in [2.05, 4.69) is 5.32 Å². The van der Waals surface area contributed by atoms with Crippen molar-refractivity contribution in [3.05, 3.63) is 42.0 Å². The zero-order chi connectivity index (χ0) is 15.4. The number of Topliss-reactive ketones (excluding diaryl/α,β-unsaturated/α-hetero) is 1. The van der Waals surface area contributed by atoms with Gasteiger partial charge in [-0.3, -0.25) is 9.59 Å². The lowest BCUT2D eigenvalue weighted by Crippen LogP contribution is -2.39. The fourth-order valence-electron chi connectivity index (χ4n) is 2.42. The van der Waals surface area contributed by atoms with Crippen LogP contribution in [0.1, 0.15) is 37.0 Å². The van der Waals surface area contributed by atoms with E-state index < -0.39 is 6.04 Å². The van der Waals surface area contributed by atoms with Crippen molar-refractivity contribution in [2.75, 3.05) is 5.73 Å². The van der Waals surface area contributed by atoms with Crippen LogP contribution in [0.15, 0.2) is 36.4 Å². The van der Waals surface area contributed by atoms with E-state index in [4.69, 9.17) is 5.73 Å². The highest BCUT2D eigenvalue weighted by Crippen LogP contribution is 2.24. The van der Waals surface area contributed by atoms with E-state index in [1.54, 1.807) is 12.1 Å². The predicted octanol–water partition coefficient (Wildman–Crippen LogP) is 2.91. The maximum absolute atomic E-state index is 12.5. The Labute approximate surface area is 124 Å². The molecular weight excluding hydrogens is 264 g/mol. The van der Waals surface area contributed by atoms with Crippen LogP contribution < -0.4 is 11.1 Å². The van der Waals surface area contributed by atoms with E-state index >= 15 is 0 Å². The number of carbonyl (C=O) groups is 2. The van der Waals surface area contributed by atoms with Crippen molar-refractivity contribution in [1.82, 2.24) is 5.32 Å². The molecule has 3 N–H and O–H groups in total. The first-order valence-corrected chi connectivity index (χ1v) is 7.13. The molecule has 0 aliphatic heterocycles. The van der Waals surface area contributed by atoms with Crippen molar-refractivity contribution >= 4 is 28.2 Å². The molecule has 2 aromatic rings. The minimum atomic E-state index is -0.432. The smallest absolute Gasteiger partial charge is 0.252 e. The predicted molar refractivity (Wildman–Crippen MR) is 85.2 cm³/mol. The van der Waals surface area contributed by atoms with Crippen LogP contribution in [0.2, 0.25) is 0 Å². The molecule has 1 atom stereocenters. The normalized spacial score (nSPS) is 12.1. The van der Waals surface area contributed by atoms with Crippen LogP contribution in [0.5, 0.6) is 0 Å². The lowest BCUT2D eigenvalue weighted by atomic mass is 10.0. The van der Waals surface area contributed by atoms with E-state index in [1.807, 2.05) is 31.2 Å². The molecule has 0 radical (unpaired) electrons. The first kappa shape index (κ1) is 15.0. The summed E-state index contributed by atoms with van der Waals surface area (Å²) in [6.07, 6.45) is 1.49. The molecule has 0 spiro atoms. The fourth-order valence-corrected chi connectivity index (χ4v) is 2.42. The van der Waals surface area contributed by atoms with Gasteiger partial charge in [0, 0.05) is 16.6 Å². The zero-order valence-electron chi connectivity index (χ0n) is 12.3. The Morgan fingerprint density at radius 3 is 2.43 bits per heavy atom. The second-order valence-corrected chi connectivity index (χ2v) is 5.17. The Bertz CT molecular complexity index is 680. The molecule has 0 saturated heterocycles. The third kappa shape index (κ3) is 3.21. The van der Waals surface area contributed by atoms with Gasteiger partial charge in [-0.2, -0.15) is 0 Å². The zero-order valence-corrected chi connectivity index (χ0v) is 12.3. The van der Waals surface area contributed by atoms with Gasteiger partial charge in [-0.25, -0.2) is 0 Å². The Balaban J connectivity index is 2.36. The second-order valence-electron chi connectivity index (χ2n) is 5.17. The highest BCUT2D eigenvalue weighted by molar-refractivity contribution is 6.10. The van der Waals surface area contributed by atoms with Gasteiger partial charge in [0.1, 0.15) is 0 Å². The van der Waals surface area contributed by atoms with Crippen LogP contribution in [0.4, 0.5) is 5.69 Å². The van der Waals surface area contributed by atoms with Crippen LogP contribution in [0.25, 0.3) is 10.8 Å². The van der Waals surface area contributed by atoms with E-state index in [-0.39, 0.29) is 11.7 Å². The van der Waals surface area contributed by atoms with Gasteiger partial charge in [0.2, 0.25) is 0 Å². The van der Waals surface area contributed by atoms with Gasteiger partial charge in [0.05, 0.1) is 6.04 Å². The van der Waals surface area contributed by atoms with E-state index in [0.29, 0.717) is 17.7 Å². The van der Waals surface area contributed by atoms with Crippen LogP contribution in [0.3, 0.4) is 0 Å². The topological polar surface area (TPSA) is 72.2 Å². The van der Waals surface area contributed by atoms with Crippen molar-refractivity contribution in [1.29, 1.82) is 0 Å². The summed E-state index contributed by atoms with van der Waals surface area (Å²) in [4.78, 5) is 24.0. The van der Waals surface area contributed by atoms with Crippen molar-refractivity contribution in [2.45, 2.75) is 32.7 Å². The molecule has 2 rings (SSSR count). The summed E-state index contributed by atoms with van der Waals surface area (Å²) in [7, 11) is 0. The maximum Gasteiger partial charge on any atom is 0.252 e. The molecule has 0 heterocycles. The van der Waals surface area contributed by atoms with Crippen molar-refractivity contribution < 1.29 is 9.59 Å². The van der Waals surface area contributed by atoms with Crippen molar-refractivity contribution in [3.63, 3.8) is 0 Å². The molecule has 0 bridgehead atoms. The summed E-state index contributed by atoms with van der Waals surface area (Å²) in [6.45, 7) is 3.49. The summed E-state index contributed by atoms with van der Waals surface area (Å²) in [6, 6.07) is 10.5. The third-order valence-corrected chi connectivity index (χ3v) is 3.58. The molecule has 1 amide bonds. The number of ketones is 1. The minimum Gasteiger partial charge on any atom is -0.398 e. The first-order chi connectivity index (χ1) is 10.0. The summed E-state index contributed by atoms with van der Waals surface area (Å²) < 4.78 is 0. The Hall–Kier alpha value is -2.36. The van der Waals surface area contributed by atoms with Crippen LogP contribution >= 0.6 is 0 Å². The second kappa shape index (κ2) is 6.39. The lowest BCUT2D eigenvalue weighted by Gasteiger charge is -2.16. The largest absolute Gasteiger partial charge is 0.398 e. The summed E-state index contributed by atoms with van der Waals surface area (Å²) >= 11 is 0. The maximum atomic E-state index is 12.5. The molecule has 0 saturated carbocycles. The monoisotopic (exact) mass is 284 g/mol. The fraction of sp³-hybridized carbons (Fsp3) is 0.294. The van der Waals surface area contributed by atoms with Gasteiger partial charge in [0.15, 0.2) is 5.78 Å². The number of amides is 1. The summed E-state index contributed by atoms with van der Waals surface area (Å²) in [5, 5.41) is 4.46. The molecule has 0 aliphatic carbocycles. The minimum absolute atomic E-state index is 0.0232. The average molecular weight is 284 g/mol. The van der Waals surface area contributed by atoms with Crippen LogP contribution in [-0.4, -0.2) is 17.7 Å². The average Bonchev–Trinajstić information content (AvgIpc) is 2.47. The standard InChI is InChI=1S/C17H20N2O2/c1-3-6-16(11(2)20)19-17(21)14-9-10-15(18)13-8-5-4-7-12(13)14/h4-5,7-10,16H,3,6,18H2,1-2H3,(H,19,21)/t16-/m0/s1. The molecule has 2 aromatic carbocycles. The molecule has 110 valence electrons. The quantitative estimate of drug-likeness (QED) is 0.829. The number of benzene rings is 2. The van der Waals surface area contributed by atoms with Gasteiger partial charge in [-0.1, -0.05) is 37.6 Å². The molecule has 4 nitrogen and oxygen atoms in total. The van der Waals surface area contributed by atoms with Gasteiger partial charge in [0.25, 0.3) is 5.91 Å². The molecule has 0 aromatic heterocycles. The number of hydrogen-bond acceptors (Lipinski definition) is 3. The number of nitrogens with one attached hydrogen (secondary N) is 1. The number of fused-ring (bicyclic) bond motifs is 1. The van der Waals surface area contributed by atoms with Gasteiger partial charge in [-0.05, 0) is 30.9 Å². The van der Waals surface area contributed by atoms with Crippen molar-refractivity contribution in [2.24, 2.45) is 0 Å². The Morgan fingerprint density at radius 2 is 1.81 bits per heavy atom. The number of nitrogen functional groups attached to an aromatic ring is 1. The molecule has 0 unspecified atom stereocenters. The Morgan fingerprint density at radius 1 is 1.14 bits per heavy atom. The first-order valence-electron chi connectivity index (χ1n) is 7.13. The number of carbonyl (C=O) groups excluding carboxylic acids is 2. The SMILES string of the molecule is CCC[C@H](NC(=O)c1ccc(N)c2ccccc12)C(C)=O. The van der Waals surface area contributed by atoms with E-state index in [1.165, 1.54) is 6.92 Å². The van der Waals surface area contributed by atoms with Gasteiger partial charge in [-0.15, -0.1) is 0 Å². The molecule has 0 aliphatic rings. The lowest BCUT2D eigenvalue weighted by molar-refractivity contribution is -0.118. The third-order valence-electron chi connectivity index (χ3n) is 3.58. The molecular formula is C17H20N2O2. The van der Waals surface area contributed by atoms with E-state index in [0.717, 1.165) is 17.2 Å². The highest BCUT2D eigenvalue weighted by atomic mass is 16.2. The highest BCUT2D eigenvalue weighted by Gasteiger charge is 2.18. The van der Waals surface area contributed by atoms with Crippen LogP contribution in [0, 0.1) is 0 Å². The molecule has 4 heteroatoms. The van der Waals surface area contributed by atoms with Gasteiger partial charge < -0.3 is 11.1 Å². The van der Waals surface area contributed by atoms with Gasteiger partial charge >= 0.3 is 0 Å². The number of anilines is 1. The summed E-state index contributed by atoms with van der Waals surface area (Å²) in [5.41, 5.74) is 7.12. The molecule has 0 fully saturated rings. The number of nitrogens with two attached hydrogens (primary N) is 1. The van der Waals surface area contributed by atoms with Crippen LogP contribution in [-0.2, 0) is 4.79 Å².